The van der Waals surface area contributed by atoms with E-state index < -0.39 is 11.8 Å². The van der Waals surface area contributed by atoms with Crippen LogP contribution in [0.5, 0.6) is 11.5 Å². The third-order valence-electron chi connectivity index (χ3n) is 6.61. The fraction of sp³-hybridized carbons (Fsp3) is 0.111. The zero-order chi connectivity index (χ0) is 33.0. The van der Waals surface area contributed by atoms with Crippen LogP contribution < -0.4 is 25.4 Å². The SMILES string of the molecule is CCOc1ccc(-c2csc(NC(=O)CSc3cccc(NC(=O)/C(=C/c4cccc(OC)c4)NC(=O)c4ccccc4)c3)n2)cc1. The van der Waals surface area contributed by atoms with Crippen LogP contribution in [0, 0.1) is 0 Å². The molecule has 0 radical (unpaired) electrons. The van der Waals surface area contributed by atoms with Gasteiger partial charge in [-0.1, -0.05) is 36.4 Å². The summed E-state index contributed by atoms with van der Waals surface area (Å²) in [6, 6.07) is 30.6. The Labute approximate surface area is 281 Å². The van der Waals surface area contributed by atoms with Gasteiger partial charge in [0.05, 0.1) is 25.2 Å². The first-order valence-electron chi connectivity index (χ1n) is 14.6. The van der Waals surface area contributed by atoms with Crippen molar-refractivity contribution in [3.8, 4) is 22.8 Å². The Balaban J connectivity index is 1.21. The Bertz CT molecular complexity index is 1870. The van der Waals surface area contributed by atoms with Crippen molar-refractivity contribution in [3.63, 3.8) is 0 Å². The first-order chi connectivity index (χ1) is 22.9. The molecule has 3 N–H and O–H groups in total. The van der Waals surface area contributed by atoms with E-state index in [1.54, 1.807) is 79.9 Å². The lowest BCUT2D eigenvalue weighted by atomic mass is 10.1. The summed E-state index contributed by atoms with van der Waals surface area (Å²) in [7, 11) is 1.56. The largest absolute Gasteiger partial charge is 0.497 e. The molecule has 238 valence electrons. The maximum Gasteiger partial charge on any atom is 0.272 e. The molecule has 5 rings (SSSR count). The van der Waals surface area contributed by atoms with E-state index in [1.807, 2.05) is 48.7 Å². The van der Waals surface area contributed by atoms with Gasteiger partial charge in [0.1, 0.15) is 17.2 Å². The number of hydrogen-bond acceptors (Lipinski definition) is 8. The molecule has 1 heterocycles. The highest BCUT2D eigenvalue weighted by atomic mass is 32.2. The van der Waals surface area contributed by atoms with Crippen molar-refractivity contribution < 1.29 is 23.9 Å². The standard InChI is InChI=1S/C36H32N4O5S2/c1-3-45-28-17-15-25(16-18-28)32-22-47-36(39-32)40-33(41)23-46-30-14-8-12-27(21-30)37-35(43)31(20-24-9-7-13-29(19-24)44-2)38-34(42)26-10-5-4-6-11-26/h4-22H,3,23H2,1-2H3,(H,37,43)(H,38,42)(H,39,40,41)/b31-20-. The number of nitrogens with one attached hydrogen (secondary N) is 3. The fourth-order valence-electron chi connectivity index (χ4n) is 4.36. The van der Waals surface area contributed by atoms with Gasteiger partial charge >= 0.3 is 0 Å². The van der Waals surface area contributed by atoms with Crippen molar-refractivity contribution in [2.75, 3.05) is 30.1 Å². The second kappa shape index (κ2) is 16.3. The predicted molar refractivity (Wildman–Crippen MR) is 188 cm³/mol. The van der Waals surface area contributed by atoms with E-state index in [0.29, 0.717) is 34.3 Å². The van der Waals surface area contributed by atoms with Crippen LogP contribution in [0.15, 0.2) is 119 Å². The third-order valence-corrected chi connectivity index (χ3v) is 8.36. The topological polar surface area (TPSA) is 119 Å². The van der Waals surface area contributed by atoms with Gasteiger partial charge < -0.3 is 25.4 Å². The number of carbonyl (C=O) groups excluding carboxylic acids is 3. The van der Waals surface area contributed by atoms with Gasteiger partial charge in [0.25, 0.3) is 11.8 Å². The van der Waals surface area contributed by atoms with E-state index >= 15 is 0 Å². The minimum atomic E-state index is -0.510. The summed E-state index contributed by atoms with van der Waals surface area (Å²) in [6.45, 7) is 2.53. The van der Waals surface area contributed by atoms with Crippen LogP contribution in [0.4, 0.5) is 10.8 Å². The molecule has 11 heteroatoms. The summed E-state index contributed by atoms with van der Waals surface area (Å²) < 4.78 is 10.8. The van der Waals surface area contributed by atoms with E-state index in [-0.39, 0.29) is 17.4 Å². The quantitative estimate of drug-likeness (QED) is 0.0889. The second-order valence-corrected chi connectivity index (χ2v) is 11.9. The van der Waals surface area contributed by atoms with Gasteiger partial charge in [-0.05, 0) is 85.3 Å². The summed E-state index contributed by atoms with van der Waals surface area (Å²) >= 11 is 2.68. The lowest BCUT2D eigenvalue weighted by Gasteiger charge is -2.12. The van der Waals surface area contributed by atoms with Crippen LogP contribution in [0.2, 0.25) is 0 Å². The zero-order valence-corrected chi connectivity index (χ0v) is 27.3. The predicted octanol–water partition coefficient (Wildman–Crippen LogP) is 7.36. The van der Waals surface area contributed by atoms with Crippen molar-refractivity contribution in [2.24, 2.45) is 0 Å². The summed E-state index contributed by atoms with van der Waals surface area (Å²) in [6.07, 6.45) is 1.58. The highest BCUT2D eigenvalue weighted by molar-refractivity contribution is 8.00. The number of methoxy groups -OCH3 is 1. The van der Waals surface area contributed by atoms with E-state index in [4.69, 9.17) is 9.47 Å². The minimum absolute atomic E-state index is 0.0533. The normalized spacial score (nSPS) is 11.0. The zero-order valence-electron chi connectivity index (χ0n) is 25.7. The molecule has 9 nitrogen and oxygen atoms in total. The fourth-order valence-corrected chi connectivity index (χ4v) is 5.85. The second-order valence-electron chi connectivity index (χ2n) is 9.97. The molecule has 5 aromatic rings. The number of anilines is 2. The molecule has 0 atom stereocenters. The molecule has 0 bridgehead atoms. The van der Waals surface area contributed by atoms with Gasteiger partial charge in [0.15, 0.2) is 5.13 Å². The highest BCUT2D eigenvalue weighted by Gasteiger charge is 2.16. The first-order valence-corrected chi connectivity index (χ1v) is 16.5. The Hall–Kier alpha value is -5.39. The third kappa shape index (κ3) is 9.55. The highest BCUT2D eigenvalue weighted by Crippen LogP contribution is 2.27. The molecule has 4 aromatic carbocycles. The van der Waals surface area contributed by atoms with Crippen molar-refractivity contribution in [2.45, 2.75) is 11.8 Å². The molecular weight excluding hydrogens is 633 g/mol. The van der Waals surface area contributed by atoms with Gasteiger partial charge in [-0.15, -0.1) is 23.1 Å². The van der Waals surface area contributed by atoms with E-state index in [2.05, 4.69) is 20.9 Å². The first kappa shape index (κ1) is 33.0. The van der Waals surface area contributed by atoms with Gasteiger partial charge in [-0.2, -0.15) is 0 Å². The number of aromatic nitrogens is 1. The molecule has 0 unspecified atom stereocenters. The Morgan fingerprint density at radius 2 is 1.66 bits per heavy atom. The van der Waals surface area contributed by atoms with Crippen molar-refractivity contribution >= 4 is 57.7 Å². The molecule has 47 heavy (non-hydrogen) atoms. The molecule has 1 aromatic heterocycles. The molecule has 0 saturated carbocycles. The van der Waals surface area contributed by atoms with Crippen LogP contribution in [0.3, 0.4) is 0 Å². The summed E-state index contributed by atoms with van der Waals surface area (Å²) in [5.41, 5.74) is 3.34. The average Bonchev–Trinajstić information content (AvgIpc) is 3.56. The van der Waals surface area contributed by atoms with Crippen LogP contribution in [0.25, 0.3) is 17.3 Å². The number of rotatable bonds is 13. The molecule has 0 spiro atoms. The van der Waals surface area contributed by atoms with Crippen LogP contribution >= 0.6 is 23.1 Å². The maximum absolute atomic E-state index is 13.5. The van der Waals surface area contributed by atoms with E-state index in [0.717, 1.165) is 21.9 Å². The van der Waals surface area contributed by atoms with Crippen molar-refractivity contribution in [1.29, 1.82) is 0 Å². The molecule has 0 aliphatic rings. The molecule has 0 aliphatic carbocycles. The lowest BCUT2D eigenvalue weighted by molar-refractivity contribution is -0.114. The summed E-state index contributed by atoms with van der Waals surface area (Å²) in [5.74, 6) is 0.416. The maximum atomic E-state index is 13.5. The number of nitrogens with zero attached hydrogens (tertiary/aromatic N) is 1. The van der Waals surface area contributed by atoms with E-state index in [9.17, 15) is 14.4 Å². The summed E-state index contributed by atoms with van der Waals surface area (Å²) in [5, 5.41) is 10.9. The van der Waals surface area contributed by atoms with Gasteiger partial charge in [-0.3, -0.25) is 14.4 Å². The lowest BCUT2D eigenvalue weighted by Crippen LogP contribution is -2.30. The Kier molecular flexibility index (Phi) is 11.4. The van der Waals surface area contributed by atoms with E-state index in [1.165, 1.54) is 23.1 Å². The number of ether oxygens (including phenoxy) is 2. The number of amides is 3. The minimum Gasteiger partial charge on any atom is -0.497 e. The average molecular weight is 665 g/mol. The molecular formula is C36H32N4O5S2. The molecule has 0 aliphatic heterocycles. The number of benzene rings is 4. The number of hydrogen-bond donors (Lipinski definition) is 3. The smallest absolute Gasteiger partial charge is 0.272 e. The number of thioether (sulfide) groups is 1. The van der Waals surface area contributed by atoms with Crippen LogP contribution in [-0.4, -0.2) is 42.2 Å². The molecule has 0 saturated heterocycles. The molecule has 3 amide bonds. The van der Waals surface area contributed by atoms with Crippen LogP contribution in [0.1, 0.15) is 22.8 Å². The number of thiazole rings is 1. The van der Waals surface area contributed by atoms with Crippen molar-refractivity contribution in [3.05, 3.63) is 125 Å². The monoisotopic (exact) mass is 664 g/mol. The molecule has 0 fully saturated rings. The summed E-state index contributed by atoms with van der Waals surface area (Å²) in [4.78, 5) is 44.5. The van der Waals surface area contributed by atoms with Gasteiger partial charge in [-0.25, -0.2) is 4.98 Å². The Morgan fingerprint density at radius 3 is 2.43 bits per heavy atom. The van der Waals surface area contributed by atoms with Gasteiger partial charge in [0, 0.05) is 27.1 Å². The van der Waals surface area contributed by atoms with Gasteiger partial charge in [0.2, 0.25) is 5.91 Å². The van der Waals surface area contributed by atoms with Crippen LogP contribution in [-0.2, 0) is 9.59 Å². The Morgan fingerprint density at radius 1 is 0.872 bits per heavy atom. The number of carbonyl (C=O) groups is 3. The van der Waals surface area contributed by atoms with Crippen molar-refractivity contribution in [1.82, 2.24) is 10.3 Å².